The monoisotopic (exact) mass is 472 g/mol. The number of carbonyl (C=O) groups is 3. The smallest absolute Gasteiger partial charge is 0.300 e. The molecule has 3 aromatic rings. The van der Waals surface area contributed by atoms with E-state index >= 15 is 0 Å². The number of benzene rings is 3. The van der Waals surface area contributed by atoms with E-state index in [2.05, 4.69) is 5.32 Å². The number of rotatable bonds is 6. The van der Waals surface area contributed by atoms with Crippen LogP contribution in [0, 0.1) is 0 Å². The van der Waals surface area contributed by atoms with Crippen molar-refractivity contribution in [3.63, 3.8) is 0 Å². The first kappa shape index (κ1) is 23.6. The Balaban J connectivity index is 1.93. The van der Waals surface area contributed by atoms with Crippen molar-refractivity contribution in [2.24, 2.45) is 0 Å². The minimum Gasteiger partial charge on any atom is -0.507 e. The number of hydrogen-bond acceptors (Lipinski definition) is 6. The van der Waals surface area contributed by atoms with E-state index in [1.54, 1.807) is 72.8 Å². The number of amides is 2. The van der Waals surface area contributed by atoms with Crippen LogP contribution in [0.25, 0.3) is 5.76 Å². The molecule has 0 saturated carbocycles. The number of ether oxygens (including phenoxy) is 2. The lowest BCUT2D eigenvalue weighted by molar-refractivity contribution is -0.132. The van der Waals surface area contributed by atoms with Gasteiger partial charge in [0.05, 0.1) is 25.8 Å². The van der Waals surface area contributed by atoms with Crippen molar-refractivity contribution in [2.75, 3.05) is 24.4 Å². The maximum absolute atomic E-state index is 13.3. The van der Waals surface area contributed by atoms with Crippen molar-refractivity contribution in [3.8, 4) is 11.5 Å². The van der Waals surface area contributed by atoms with E-state index in [0.717, 1.165) is 0 Å². The molecule has 0 aromatic heterocycles. The number of carbonyl (C=O) groups excluding carboxylic acids is 3. The lowest BCUT2D eigenvalue weighted by Gasteiger charge is -2.27. The first-order chi connectivity index (χ1) is 16.8. The minimum absolute atomic E-state index is 0.0596. The lowest BCUT2D eigenvalue weighted by atomic mass is 9.94. The highest BCUT2D eigenvalue weighted by Crippen LogP contribution is 2.45. The standard InChI is InChI=1S/C27H24N2O6/c1-16(30)28-18-9-11-19(12-10-18)29-24(21-14-13-20(34-2)15-22(21)35-3)23(26(32)27(29)33)25(31)17-7-5-4-6-8-17/h4-15,24,31H,1-3H3,(H,28,30)/b25-23-. The Bertz CT molecular complexity index is 1320. The largest absolute Gasteiger partial charge is 0.507 e. The van der Waals surface area contributed by atoms with E-state index in [4.69, 9.17) is 9.47 Å². The van der Waals surface area contributed by atoms with Gasteiger partial charge in [0.1, 0.15) is 17.3 Å². The number of nitrogens with one attached hydrogen (secondary N) is 1. The van der Waals surface area contributed by atoms with Crippen LogP contribution in [0.3, 0.4) is 0 Å². The number of hydrogen-bond donors (Lipinski definition) is 2. The van der Waals surface area contributed by atoms with Crippen LogP contribution >= 0.6 is 0 Å². The summed E-state index contributed by atoms with van der Waals surface area (Å²) < 4.78 is 10.9. The highest BCUT2D eigenvalue weighted by molar-refractivity contribution is 6.51. The van der Waals surface area contributed by atoms with Crippen LogP contribution in [-0.4, -0.2) is 36.9 Å². The van der Waals surface area contributed by atoms with Gasteiger partial charge in [0.15, 0.2) is 0 Å². The van der Waals surface area contributed by atoms with Crippen molar-refractivity contribution in [3.05, 3.63) is 89.5 Å². The van der Waals surface area contributed by atoms with Crippen LogP contribution in [0.1, 0.15) is 24.1 Å². The second-order valence-electron chi connectivity index (χ2n) is 7.87. The van der Waals surface area contributed by atoms with Crippen LogP contribution in [-0.2, 0) is 14.4 Å². The number of anilines is 2. The molecule has 4 rings (SSSR count). The van der Waals surface area contributed by atoms with Crippen molar-refractivity contribution in [1.82, 2.24) is 0 Å². The SMILES string of the molecule is COc1ccc(C2/C(=C(/O)c3ccccc3)C(=O)C(=O)N2c2ccc(NC(C)=O)cc2)c(OC)c1. The van der Waals surface area contributed by atoms with Crippen LogP contribution < -0.4 is 19.7 Å². The molecule has 8 heteroatoms. The number of aliphatic hydroxyl groups is 1. The quantitative estimate of drug-likeness (QED) is 0.315. The summed E-state index contributed by atoms with van der Waals surface area (Å²) in [6.45, 7) is 1.39. The summed E-state index contributed by atoms with van der Waals surface area (Å²) in [4.78, 5) is 39.3. The molecule has 35 heavy (non-hydrogen) atoms. The molecule has 1 aliphatic heterocycles. The molecule has 178 valence electrons. The number of aliphatic hydroxyl groups excluding tert-OH is 1. The van der Waals surface area contributed by atoms with E-state index in [1.807, 2.05) is 0 Å². The first-order valence-electron chi connectivity index (χ1n) is 10.8. The number of methoxy groups -OCH3 is 2. The normalized spacial score (nSPS) is 16.8. The molecule has 1 unspecified atom stereocenters. The Kier molecular flexibility index (Phi) is 6.55. The van der Waals surface area contributed by atoms with Gasteiger partial charge in [-0.1, -0.05) is 30.3 Å². The lowest BCUT2D eigenvalue weighted by Crippen LogP contribution is -2.29. The Morgan fingerprint density at radius 3 is 2.23 bits per heavy atom. The van der Waals surface area contributed by atoms with Crippen LogP contribution in [0.5, 0.6) is 11.5 Å². The third kappa shape index (κ3) is 4.46. The van der Waals surface area contributed by atoms with Gasteiger partial charge in [0.25, 0.3) is 11.7 Å². The third-order valence-electron chi connectivity index (χ3n) is 5.69. The molecule has 8 nitrogen and oxygen atoms in total. The van der Waals surface area contributed by atoms with Gasteiger partial charge >= 0.3 is 0 Å². The molecule has 1 fully saturated rings. The van der Waals surface area contributed by atoms with E-state index in [-0.39, 0.29) is 17.2 Å². The maximum Gasteiger partial charge on any atom is 0.300 e. The zero-order valence-electron chi connectivity index (χ0n) is 19.4. The van der Waals surface area contributed by atoms with Gasteiger partial charge in [-0.05, 0) is 36.4 Å². The molecule has 2 N–H and O–H groups in total. The van der Waals surface area contributed by atoms with Crippen LogP contribution in [0.4, 0.5) is 11.4 Å². The zero-order chi connectivity index (χ0) is 25.1. The number of ketones is 1. The molecule has 1 atom stereocenters. The van der Waals surface area contributed by atoms with Crippen LogP contribution in [0.15, 0.2) is 78.4 Å². The Morgan fingerprint density at radius 1 is 0.943 bits per heavy atom. The van der Waals surface area contributed by atoms with E-state index in [9.17, 15) is 19.5 Å². The van der Waals surface area contributed by atoms with Gasteiger partial charge in [-0.2, -0.15) is 0 Å². The summed E-state index contributed by atoms with van der Waals surface area (Å²) in [5.74, 6) is -1.22. The average Bonchev–Trinajstić information content (AvgIpc) is 3.13. The summed E-state index contributed by atoms with van der Waals surface area (Å²) in [5, 5.41) is 13.9. The molecule has 2 amide bonds. The predicted molar refractivity (Wildman–Crippen MR) is 132 cm³/mol. The first-order valence-corrected chi connectivity index (χ1v) is 10.8. The van der Waals surface area contributed by atoms with Gasteiger partial charge in [-0.3, -0.25) is 19.3 Å². The molecule has 0 bridgehead atoms. The summed E-state index contributed by atoms with van der Waals surface area (Å²) in [6.07, 6.45) is 0. The number of Topliss-reactive ketones (excluding diaryl/α,β-unsaturated/α-hetero) is 1. The fourth-order valence-corrected chi connectivity index (χ4v) is 4.10. The van der Waals surface area contributed by atoms with Gasteiger partial charge < -0.3 is 19.9 Å². The fraction of sp³-hybridized carbons (Fsp3) is 0.148. The van der Waals surface area contributed by atoms with Crippen molar-refractivity contribution >= 4 is 34.7 Å². The second-order valence-corrected chi connectivity index (χ2v) is 7.87. The molecule has 0 aliphatic carbocycles. The van der Waals surface area contributed by atoms with Gasteiger partial charge in [-0.15, -0.1) is 0 Å². The maximum atomic E-state index is 13.3. The molecule has 1 heterocycles. The van der Waals surface area contributed by atoms with Gasteiger partial charge in [0, 0.05) is 35.5 Å². The van der Waals surface area contributed by atoms with E-state index in [1.165, 1.54) is 26.0 Å². The Morgan fingerprint density at radius 2 is 1.63 bits per heavy atom. The molecular formula is C27H24N2O6. The predicted octanol–water partition coefficient (Wildman–Crippen LogP) is 4.29. The molecule has 0 spiro atoms. The molecule has 0 radical (unpaired) electrons. The average molecular weight is 472 g/mol. The highest BCUT2D eigenvalue weighted by atomic mass is 16.5. The van der Waals surface area contributed by atoms with Crippen molar-refractivity contribution in [1.29, 1.82) is 0 Å². The Labute approximate surface area is 202 Å². The summed E-state index contributed by atoms with van der Waals surface area (Å²) in [5.41, 5.74) is 1.80. The van der Waals surface area contributed by atoms with E-state index < -0.39 is 17.7 Å². The molecular weight excluding hydrogens is 448 g/mol. The summed E-state index contributed by atoms with van der Waals surface area (Å²) in [7, 11) is 3.00. The fourth-order valence-electron chi connectivity index (χ4n) is 4.10. The van der Waals surface area contributed by atoms with Gasteiger partial charge in [-0.25, -0.2) is 0 Å². The Hall–Kier alpha value is -4.59. The topological polar surface area (TPSA) is 105 Å². The van der Waals surface area contributed by atoms with Crippen molar-refractivity contribution < 1.29 is 29.0 Å². The molecule has 1 aliphatic rings. The second kappa shape index (κ2) is 9.72. The molecule has 1 saturated heterocycles. The van der Waals surface area contributed by atoms with Crippen molar-refractivity contribution in [2.45, 2.75) is 13.0 Å². The zero-order valence-corrected chi connectivity index (χ0v) is 19.4. The summed E-state index contributed by atoms with van der Waals surface area (Å²) in [6, 6.07) is 19.2. The van der Waals surface area contributed by atoms with Crippen LogP contribution in [0.2, 0.25) is 0 Å². The van der Waals surface area contributed by atoms with Gasteiger partial charge in [0.2, 0.25) is 5.91 Å². The van der Waals surface area contributed by atoms with E-state index in [0.29, 0.717) is 34.0 Å². The highest BCUT2D eigenvalue weighted by Gasteiger charge is 2.48. The molecule has 3 aromatic carbocycles. The minimum atomic E-state index is -0.970. The summed E-state index contributed by atoms with van der Waals surface area (Å²) >= 11 is 0. The third-order valence-corrected chi connectivity index (χ3v) is 5.69. The number of nitrogens with zero attached hydrogens (tertiary/aromatic N) is 1.